The Morgan fingerprint density at radius 1 is 1.39 bits per heavy atom. The standard InChI is InChI=1S/C9H13N5O3S/c1-2-17-3-4-18(15,16)14-9-7-8(11-5-10-7)12-6-13-9/h5-6H,2-4H2,1H3,(H2,10,11,12,13,14). The molecule has 98 valence electrons. The maximum Gasteiger partial charge on any atom is 0.236 e. The van der Waals surface area contributed by atoms with E-state index in [4.69, 9.17) is 4.74 Å². The van der Waals surface area contributed by atoms with Gasteiger partial charge in [0.2, 0.25) is 10.0 Å². The van der Waals surface area contributed by atoms with E-state index in [0.29, 0.717) is 17.8 Å². The summed E-state index contributed by atoms with van der Waals surface area (Å²) in [4.78, 5) is 14.5. The summed E-state index contributed by atoms with van der Waals surface area (Å²) in [7, 11) is -3.49. The number of aromatic nitrogens is 4. The van der Waals surface area contributed by atoms with E-state index in [1.807, 2.05) is 0 Å². The second kappa shape index (κ2) is 5.27. The van der Waals surface area contributed by atoms with Crippen molar-refractivity contribution in [3.8, 4) is 0 Å². The van der Waals surface area contributed by atoms with Crippen LogP contribution >= 0.6 is 0 Å². The number of fused-ring (bicyclic) bond motifs is 1. The Morgan fingerprint density at radius 3 is 3.00 bits per heavy atom. The smallest absolute Gasteiger partial charge is 0.236 e. The van der Waals surface area contributed by atoms with Crippen LogP contribution in [0.5, 0.6) is 0 Å². The van der Waals surface area contributed by atoms with Crippen molar-refractivity contribution in [1.29, 1.82) is 0 Å². The highest BCUT2D eigenvalue weighted by atomic mass is 32.2. The Labute approximate surface area is 104 Å². The average molecular weight is 271 g/mol. The number of aromatic amines is 1. The van der Waals surface area contributed by atoms with Gasteiger partial charge in [0.15, 0.2) is 11.5 Å². The zero-order chi connectivity index (χ0) is 13.0. The largest absolute Gasteiger partial charge is 0.381 e. The second-order valence-electron chi connectivity index (χ2n) is 3.44. The average Bonchev–Trinajstić information content (AvgIpc) is 2.78. The summed E-state index contributed by atoms with van der Waals surface area (Å²) < 4.78 is 30.9. The lowest BCUT2D eigenvalue weighted by molar-refractivity contribution is 0.163. The van der Waals surface area contributed by atoms with E-state index < -0.39 is 10.0 Å². The minimum atomic E-state index is -3.49. The van der Waals surface area contributed by atoms with Crippen LogP contribution in [0.4, 0.5) is 5.82 Å². The van der Waals surface area contributed by atoms with Gasteiger partial charge in [-0.2, -0.15) is 0 Å². The summed E-state index contributed by atoms with van der Waals surface area (Å²) in [6, 6.07) is 0. The van der Waals surface area contributed by atoms with Gasteiger partial charge in [-0.15, -0.1) is 0 Å². The molecular weight excluding hydrogens is 258 g/mol. The van der Waals surface area contributed by atoms with E-state index in [2.05, 4.69) is 24.7 Å². The highest BCUT2D eigenvalue weighted by Crippen LogP contribution is 2.15. The topological polar surface area (TPSA) is 110 Å². The number of imidazole rings is 1. The van der Waals surface area contributed by atoms with E-state index in [-0.39, 0.29) is 18.2 Å². The third-order valence-electron chi connectivity index (χ3n) is 2.18. The number of hydrogen-bond acceptors (Lipinski definition) is 6. The zero-order valence-corrected chi connectivity index (χ0v) is 10.6. The van der Waals surface area contributed by atoms with Crippen LogP contribution in [0, 0.1) is 0 Å². The summed E-state index contributed by atoms with van der Waals surface area (Å²) in [6.45, 7) is 2.43. The molecule has 0 aliphatic rings. The summed E-state index contributed by atoms with van der Waals surface area (Å²) in [5.74, 6) is 0.0644. The lowest BCUT2D eigenvalue weighted by atomic mass is 10.5. The van der Waals surface area contributed by atoms with Crippen LogP contribution in [0.1, 0.15) is 6.92 Å². The Hall–Kier alpha value is -1.74. The van der Waals surface area contributed by atoms with Gasteiger partial charge in [-0.05, 0) is 6.92 Å². The second-order valence-corrected chi connectivity index (χ2v) is 5.28. The molecule has 0 aromatic carbocycles. The maximum absolute atomic E-state index is 11.8. The van der Waals surface area contributed by atoms with Crippen molar-refractivity contribution in [2.75, 3.05) is 23.7 Å². The molecule has 0 radical (unpaired) electrons. The van der Waals surface area contributed by atoms with Crippen molar-refractivity contribution in [1.82, 2.24) is 19.9 Å². The first-order valence-corrected chi connectivity index (χ1v) is 7.00. The number of nitrogens with one attached hydrogen (secondary N) is 2. The van der Waals surface area contributed by atoms with E-state index in [1.165, 1.54) is 12.7 Å². The summed E-state index contributed by atoms with van der Waals surface area (Å²) in [5.41, 5.74) is 0.866. The highest BCUT2D eigenvalue weighted by molar-refractivity contribution is 7.92. The predicted octanol–water partition coefficient (Wildman–Crippen LogP) is 0.131. The Bertz CT molecular complexity index is 624. The molecule has 0 aliphatic carbocycles. The molecule has 2 heterocycles. The molecule has 0 bridgehead atoms. The molecule has 0 spiro atoms. The van der Waals surface area contributed by atoms with Crippen molar-refractivity contribution in [2.24, 2.45) is 0 Å². The van der Waals surface area contributed by atoms with Gasteiger partial charge in [-0.25, -0.2) is 23.4 Å². The number of rotatable bonds is 6. The van der Waals surface area contributed by atoms with Crippen molar-refractivity contribution < 1.29 is 13.2 Å². The van der Waals surface area contributed by atoms with Crippen LogP contribution in [0.25, 0.3) is 11.2 Å². The van der Waals surface area contributed by atoms with E-state index >= 15 is 0 Å². The van der Waals surface area contributed by atoms with Gasteiger partial charge >= 0.3 is 0 Å². The lowest BCUT2D eigenvalue weighted by Gasteiger charge is -2.07. The first-order valence-electron chi connectivity index (χ1n) is 5.34. The van der Waals surface area contributed by atoms with Crippen LogP contribution in [-0.4, -0.2) is 47.3 Å². The molecule has 2 aromatic heterocycles. The highest BCUT2D eigenvalue weighted by Gasteiger charge is 2.14. The Balaban J connectivity index is 2.15. The van der Waals surface area contributed by atoms with Crippen LogP contribution in [-0.2, 0) is 14.8 Å². The van der Waals surface area contributed by atoms with E-state index in [1.54, 1.807) is 6.92 Å². The number of ether oxygens (including phenoxy) is 1. The third kappa shape index (κ3) is 2.93. The molecule has 0 unspecified atom stereocenters. The zero-order valence-electron chi connectivity index (χ0n) is 9.75. The first-order chi connectivity index (χ1) is 8.62. The number of H-pyrrole nitrogens is 1. The SMILES string of the molecule is CCOCCS(=O)(=O)Nc1ncnc2nc[nH]c12. The fraction of sp³-hybridized carbons (Fsp3) is 0.444. The minimum Gasteiger partial charge on any atom is -0.381 e. The van der Waals surface area contributed by atoms with Crippen LogP contribution in [0.2, 0.25) is 0 Å². The maximum atomic E-state index is 11.8. The quantitative estimate of drug-likeness (QED) is 0.723. The molecule has 2 rings (SSSR count). The van der Waals surface area contributed by atoms with Crippen LogP contribution in [0.3, 0.4) is 0 Å². The normalized spacial score (nSPS) is 11.8. The van der Waals surface area contributed by atoms with Crippen LogP contribution < -0.4 is 4.72 Å². The Morgan fingerprint density at radius 2 is 2.22 bits per heavy atom. The van der Waals surface area contributed by atoms with Gasteiger partial charge < -0.3 is 9.72 Å². The summed E-state index contributed by atoms with van der Waals surface area (Å²) >= 11 is 0. The molecule has 0 amide bonds. The molecule has 9 heteroatoms. The molecule has 2 aromatic rings. The van der Waals surface area contributed by atoms with E-state index in [9.17, 15) is 8.42 Å². The lowest BCUT2D eigenvalue weighted by Crippen LogP contribution is -2.21. The summed E-state index contributed by atoms with van der Waals surface area (Å²) in [6.07, 6.45) is 2.68. The fourth-order valence-electron chi connectivity index (χ4n) is 1.35. The fourth-order valence-corrected chi connectivity index (χ4v) is 2.24. The number of anilines is 1. The van der Waals surface area contributed by atoms with Gasteiger partial charge in [0.25, 0.3) is 0 Å². The van der Waals surface area contributed by atoms with Crippen LogP contribution in [0.15, 0.2) is 12.7 Å². The van der Waals surface area contributed by atoms with Crippen molar-refractivity contribution in [3.05, 3.63) is 12.7 Å². The minimum absolute atomic E-state index is 0.125. The monoisotopic (exact) mass is 271 g/mol. The molecule has 0 saturated heterocycles. The van der Waals surface area contributed by atoms with Crippen molar-refractivity contribution >= 4 is 27.0 Å². The molecular formula is C9H13N5O3S. The molecule has 0 fully saturated rings. The van der Waals surface area contributed by atoms with Gasteiger partial charge in [-0.3, -0.25) is 4.72 Å². The van der Waals surface area contributed by atoms with Crippen molar-refractivity contribution in [2.45, 2.75) is 6.92 Å². The van der Waals surface area contributed by atoms with Gasteiger partial charge in [-0.1, -0.05) is 0 Å². The molecule has 8 nitrogen and oxygen atoms in total. The molecule has 18 heavy (non-hydrogen) atoms. The number of hydrogen-bond donors (Lipinski definition) is 2. The van der Waals surface area contributed by atoms with Gasteiger partial charge in [0, 0.05) is 6.61 Å². The van der Waals surface area contributed by atoms with Crippen molar-refractivity contribution in [3.63, 3.8) is 0 Å². The third-order valence-corrected chi connectivity index (χ3v) is 3.38. The van der Waals surface area contributed by atoms with Gasteiger partial charge in [0.05, 0.1) is 18.7 Å². The van der Waals surface area contributed by atoms with Gasteiger partial charge in [0.1, 0.15) is 11.8 Å². The first kappa shape index (κ1) is 12.7. The number of nitrogens with zero attached hydrogens (tertiary/aromatic N) is 3. The molecule has 0 saturated carbocycles. The summed E-state index contributed by atoms with van der Waals surface area (Å²) in [5, 5.41) is 0. The molecule has 2 N–H and O–H groups in total. The molecule has 0 atom stereocenters. The predicted molar refractivity (Wildman–Crippen MR) is 65.6 cm³/mol. The Kier molecular flexibility index (Phi) is 3.72. The van der Waals surface area contributed by atoms with E-state index in [0.717, 1.165) is 0 Å². The number of sulfonamides is 1. The molecule has 0 aliphatic heterocycles.